The Morgan fingerprint density at radius 1 is 1.28 bits per heavy atom. The number of rotatable bonds is 3. The average molecular weight is 253 g/mol. The summed E-state index contributed by atoms with van der Waals surface area (Å²) in [5.41, 5.74) is 0. The zero-order valence-electron chi connectivity index (χ0n) is 10.9. The first-order chi connectivity index (χ1) is 8.60. The van der Waals surface area contributed by atoms with Crippen LogP contribution in [0.15, 0.2) is 0 Å². The molecule has 1 aliphatic rings. The van der Waals surface area contributed by atoms with Crippen molar-refractivity contribution in [2.45, 2.75) is 20.3 Å². The summed E-state index contributed by atoms with van der Waals surface area (Å²) in [5, 5.41) is 8.57. The third-order valence-corrected chi connectivity index (χ3v) is 2.94. The quantitative estimate of drug-likeness (QED) is 0.747. The highest BCUT2D eigenvalue weighted by molar-refractivity contribution is 5.79. The molecule has 6 heteroatoms. The second-order valence-corrected chi connectivity index (χ2v) is 4.27. The van der Waals surface area contributed by atoms with Gasteiger partial charge in [-0.15, -0.1) is 0 Å². The maximum absolute atomic E-state index is 11.9. The van der Waals surface area contributed by atoms with Crippen molar-refractivity contribution >= 4 is 12.0 Å². The molecule has 100 valence electrons. The average Bonchev–Trinajstić information content (AvgIpc) is 2.38. The van der Waals surface area contributed by atoms with Crippen molar-refractivity contribution in [3.63, 3.8) is 0 Å². The summed E-state index contributed by atoms with van der Waals surface area (Å²) in [4.78, 5) is 26.7. The lowest BCUT2D eigenvalue weighted by Crippen LogP contribution is -2.51. The van der Waals surface area contributed by atoms with Crippen molar-refractivity contribution in [2.24, 2.45) is 5.92 Å². The molecule has 1 saturated heterocycles. The smallest absolute Gasteiger partial charge is 0.409 e. The summed E-state index contributed by atoms with van der Waals surface area (Å²) in [7, 11) is 0. The fraction of sp³-hybridized carbons (Fsp3) is 0.750. The maximum atomic E-state index is 11.9. The monoisotopic (exact) mass is 253 g/mol. The van der Waals surface area contributed by atoms with Crippen LogP contribution in [0.25, 0.3) is 0 Å². The minimum absolute atomic E-state index is 0.0138. The third-order valence-electron chi connectivity index (χ3n) is 2.94. The van der Waals surface area contributed by atoms with Crippen molar-refractivity contribution in [1.82, 2.24) is 9.80 Å². The predicted octanol–water partition coefficient (Wildman–Crippen LogP) is 0.837. The summed E-state index contributed by atoms with van der Waals surface area (Å²) >= 11 is 0. The molecule has 0 aromatic carbocycles. The number of hydrogen-bond acceptors (Lipinski definition) is 4. The van der Waals surface area contributed by atoms with Crippen molar-refractivity contribution in [1.29, 1.82) is 5.26 Å². The second-order valence-electron chi connectivity index (χ2n) is 4.27. The molecule has 0 spiro atoms. The molecule has 6 nitrogen and oxygen atoms in total. The minimum Gasteiger partial charge on any atom is -0.450 e. The van der Waals surface area contributed by atoms with Gasteiger partial charge in [-0.1, -0.05) is 6.92 Å². The first-order valence-electron chi connectivity index (χ1n) is 6.17. The summed E-state index contributed by atoms with van der Waals surface area (Å²) in [5.74, 6) is -0.288. The number of nitriles is 1. The van der Waals surface area contributed by atoms with E-state index in [0.717, 1.165) is 0 Å². The fourth-order valence-electron chi connectivity index (χ4n) is 1.86. The van der Waals surface area contributed by atoms with E-state index in [0.29, 0.717) is 32.8 Å². The number of carbonyl (C=O) groups is 2. The molecule has 1 heterocycles. The van der Waals surface area contributed by atoms with Crippen LogP contribution in [0, 0.1) is 17.2 Å². The number of carbonyl (C=O) groups excluding carboxylic acids is 2. The molecule has 0 N–H and O–H groups in total. The van der Waals surface area contributed by atoms with Crippen LogP contribution in [-0.4, -0.2) is 54.6 Å². The van der Waals surface area contributed by atoms with Crippen LogP contribution in [0.3, 0.4) is 0 Å². The summed E-state index contributed by atoms with van der Waals surface area (Å²) in [6.07, 6.45) is -0.0913. The minimum atomic E-state index is -0.324. The lowest BCUT2D eigenvalue weighted by atomic mass is 10.1. The van der Waals surface area contributed by atoms with Crippen molar-refractivity contribution in [3.8, 4) is 6.07 Å². The number of piperazine rings is 1. The van der Waals surface area contributed by atoms with Gasteiger partial charge in [-0.25, -0.2) is 4.79 Å². The van der Waals surface area contributed by atoms with E-state index in [-0.39, 0.29) is 24.3 Å². The van der Waals surface area contributed by atoms with Gasteiger partial charge in [0.25, 0.3) is 0 Å². The number of hydrogen-bond donors (Lipinski definition) is 0. The first kappa shape index (κ1) is 14.3. The third kappa shape index (κ3) is 3.62. The van der Waals surface area contributed by atoms with Gasteiger partial charge >= 0.3 is 6.09 Å². The van der Waals surface area contributed by atoms with Crippen LogP contribution in [0.5, 0.6) is 0 Å². The Bertz CT molecular complexity index is 343. The Kier molecular flexibility index (Phi) is 5.43. The van der Waals surface area contributed by atoms with Gasteiger partial charge in [0, 0.05) is 38.5 Å². The number of nitrogens with zero attached hydrogens (tertiary/aromatic N) is 3. The fourth-order valence-corrected chi connectivity index (χ4v) is 1.86. The van der Waals surface area contributed by atoms with Crippen molar-refractivity contribution in [3.05, 3.63) is 0 Å². The van der Waals surface area contributed by atoms with Gasteiger partial charge in [-0.2, -0.15) is 5.26 Å². The largest absolute Gasteiger partial charge is 0.450 e. The van der Waals surface area contributed by atoms with E-state index < -0.39 is 0 Å². The highest BCUT2D eigenvalue weighted by Crippen LogP contribution is 2.10. The molecule has 1 rings (SSSR count). The standard InChI is InChI=1S/C12H19N3O3/c1-3-18-12(17)15-8-6-14(7-9-15)11(16)10(2)4-5-13/h10H,3-4,6-9H2,1-2H3. The van der Waals surface area contributed by atoms with Crippen LogP contribution in [0.4, 0.5) is 4.79 Å². The Hall–Kier alpha value is -1.77. The summed E-state index contributed by atoms with van der Waals surface area (Å²) in [6, 6.07) is 2.00. The first-order valence-corrected chi connectivity index (χ1v) is 6.17. The number of amides is 2. The molecule has 0 aromatic heterocycles. The van der Waals surface area contributed by atoms with Gasteiger partial charge in [0.05, 0.1) is 12.7 Å². The highest BCUT2D eigenvalue weighted by atomic mass is 16.6. The van der Waals surface area contributed by atoms with E-state index in [9.17, 15) is 9.59 Å². The molecular formula is C12H19N3O3. The summed E-state index contributed by atoms with van der Waals surface area (Å²) < 4.78 is 4.90. The van der Waals surface area contributed by atoms with Crippen LogP contribution in [0.2, 0.25) is 0 Å². The normalized spacial score (nSPS) is 16.9. The van der Waals surface area contributed by atoms with Gasteiger partial charge in [0.2, 0.25) is 5.91 Å². The molecule has 0 radical (unpaired) electrons. The van der Waals surface area contributed by atoms with Gasteiger partial charge in [0.15, 0.2) is 0 Å². The molecule has 0 aromatic rings. The second kappa shape index (κ2) is 6.84. The molecule has 0 aliphatic carbocycles. The van der Waals surface area contributed by atoms with E-state index in [2.05, 4.69) is 0 Å². The lowest BCUT2D eigenvalue weighted by Gasteiger charge is -2.35. The molecule has 1 fully saturated rings. The van der Waals surface area contributed by atoms with E-state index >= 15 is 0 Å². The Morgan fingerprint density at radius 2 is 1.83 bits per heavy atom. The Balaban J connectivity index is 2.42. The highest BCUT2D eigenvalue weighted by Gasteiger charge is 2.27. The van der Waals surface area contributed by atoms with Gasteiger partial charge in [-0.3, -0.25) is 4.79 Å². The van der Waals surface area contributed by atoms with Gasteiger partial charge in [-0.05, 0) is 6.92 Å². The van der Waals surface area contributed by atoms with Gasteiger partial charge < -0.3 is 14.5 Å². The molecule has 0 bridgehead atoms. The van der Waals surface area contributed by atoms with Crippen LogP contribution >= 0.6 is 0 Å². The number of ether oxygens (including phenoxy) is 1. The molecule has 1 atom stereocenters. The van der Waals surface area contributed by atoms with Gasteiger partial charge in [0.1, 0.15) is 0 Å². The Morgan fingerprint density at radius 3 is 2.33 bits per heavy atom. The summed E-state index contributed by atoms with van der Waals surface area (Å²) in [6.45, 7) is 5.87. The van der Waals surface area contributed by atoms with E-state index in [1.165, 1.54) is 0 Å². The zero-order valence-corrected chi connectivity index (χ0v) is 10.9. The molecule has 1 aliphatic heterocycles. The van der Waals surface area contributed by atoms with Crippen molar-refractivity contribution < 1.29 is 14.3 Å². The van der Waals surface area contributed by atoms with Crippen LogP contribution in [0.1, 0.15) is 20.3 Å². The zero-order chi connectivity index (χ0) is 13.5. The lowest BCUT2D eigenvalue weighted by molar-refractivity contribution is -0.136. The maximum Gasteiger partial charge on any atom is 0.409 e. The molecule has 2 amide bonds. The topological polar surface area (TPSA) is 73.6 Å². The molecule has 0 saturated carbocycles. The SMILES string of the molecule is CCOC(=O)N1CCN(C(=O)C(C)CC#N)CC1. The van der Waals surface area contributed by atoms with E-state index in [4.69, 9.17) is 10.00 Å². The molecule has 1 unspecified atom stereocenters. The van der Waals surface area contributed by atoms with Crippen molar-refractivity contribution in [2.75, 3.05) is 32.8 Å². The predicted molar refractivity (Wildman–Crippen MR) is 64.6 cm³/mol. The van der Waals surface area contributed by atoms with Crippen LogP contribution < -0.4 is 0 Å². The van der Waals surface area contributed by atoms with E-state index in [1.807, 2.05) is 6.07 Å². The van der Waals surface area contributed by atoms with E-state index in [1.54, 1.807) is 23.6 Å². The molecule has 18 heavy (non-hydrogen) atoms. The Labute approximate surface area is 107 Å². The van der Waals surface area contributed by atoms with Crippen LogP contribution in [-0.2, 0) is 9.53 Å². The molecular weight excluding hydrogens is 234 g/mol.